The van der Waals surface area contributed by atoms with Gasteiger partial charge in [-0.1, -0.05) is 18.2 Å². The molecule has 0 saturated carbocycles. The molecule has 1 aromatic carbocycles. The molecule has 0 radical (unpaired) electrons. The fourth-order valence-electron chi connectivity index (χ4n) is 1.73. The number of rotatable bonds is 4. The smallest absolute Gasteiger partial charge is 0.274 e. The summed E-state index contributed by atoms with van der Waals surface area (Å²) in [6, 6.07) is 10.4. The van der Waals surface area contributed by atoms with Gasteiger partial charge in [-0.05, 0) is 19.1 Å². The molecule has 0 fully saturated rings. The standard InChI is InChI=1S/C12H13N3O2/c1-10(13-14-8-4-5-9-14)11-6-2-3-7-12(11)15(16)17/h2-10,13H,1H3. The zero-order valence-electron chi connectivity index (χ0n) is 9.41. The van der Waals surface area contributed by atoms with E-state index in [9.17, 15) is 10.1 Å². The van der Waals surface area contributed by atoms with E-state index >= 15 is 0 Å². The van der Waals surface area contributed by atoms with Gasteiger partial charge in [0, 0.05) is 18.5 Å². The second kappa shape index (κ2) is 4.69. The zero-order chi connectivity index (χ0) is 12.3. The van der Waals surface area contributed by atoms with Crippen molar-refractivity contribution in [3.63, 3.8) is 0 Å². The summed E-state index contributed by atoms with van der Waals surface area (Å²) in [5.74, 6) is 0. The van der Waals surface area contributed by atoms with Crippen molar-refractivity contribution in [3.05, 3.63) is 64.5 Å². The van der Waals surface area contributed by atoms with Crippen LogP contribution in [0.5, 0.6) is 0 Å². The number of nitrogens with one attached hydrogen (secondary N) is 1. The Bertz CT molecular complexity index is 508. The lowest BCUT2D eigenvalue weighted by molar-refractivity contribution is -0.385. The maximum Gasteiger partial charge on any atom is 0.274 e. The third kappa shape index (κ3) is 2.44. The SMILES string of the molecule is CC(Nn1cccc1)c1ccccc1[N+](=O)[O-]. The van der Waals surface area contributed by atoms with Gasteiger partial charge in [0.1, 0.15) is 0 Å². The van der Waals surface area contributed by atoms with Crippen LogP contribution in [0.25, 0.3) is 0 Å². The highest BCUT2D eigenvalue weighted by molar-refractivity contribution is 5.42. The van der Waals surface area contributed by atoms with Gasteiger partial charge in [-0.25, -0.2) is 0 Å². The van der Waals surface area contributed by atoms with Gasteiger partial charge in [-0.15, -0.1) is 0 Å². The first-order chi connectivity index (χ1) is 8.18. The van der Waals surface area contributed by atoms with Gasteiger partial charge in [0.05, 0.1) is 16.5 Å². The number of hydrogen-bond acceptors (Lipinski definition) is 3. The molecule has 88 valence electrons. The molecule has 0 bridgehead atoms. The van der Waals surface area contributed by atoms with Crippen molar-refractivity contribution in [1.29, 1.82) is 0 Å². The minimum absolute atomic E-state index is 0.135. The van der Waals surface area contributed by atoms with E-state index in [-0.39, 0.29) is 16.7 Å². The maximum atomic E-state index is 10.9. The second-order valence-electron chi connectivity index (χ2n) is 3.76. The van der Waals surface area contributed by atoms with Crippen molar-refractivity contribution in [2.45, 2.75) is 13.0 Å². The fraction of sp³-hybridized carbons (Fsp3) is 0.167. The number of para-hydroxylation sites is 1. The van der Waals surface area contributed by atoms with Gasteiger partial charge >= 0.3 is 0 Å². The number of benzene rings is 1. The normalized spacial score (nSPS) is 12.1. The van der Waals surface area contributed by atoms with Crippen molar-refractivity contribution in [3.8, 4) is 0 Å². The van der Waals surface area contributed by atoms with E-state index in [0.717, 1.165) is 0 Å². The quantitative estimate of drug-likeness (QED) is 0.650. The van der Waals surface area contributed by atoms with Crippen LogP contribution in [-0.4, -0.2) is 9.60 Å². The Labute approximate surface area is 98.8 Å². The van der Waals surface area contributed by atoms with Crippen molar-refractivity contribution in [2.75, 3.05) is 5.43 Å². The summed E-state index contributed by atoms with van der Waals surface area (Å²) in [6.07, 6.45) is 3.70. The van der Waals surface area contributed by atoms with Crippen LogP contribution in [0.4, 0.5) is 5.69 Å². The number of aromatic nitrogens is 1. The van der Waals surface area contributed by atoms with Gasteiger partial charge in [0.25, 0.3) is 5.69 Å². The maximum absolute atomic E-state index is 10.9. The molecule has 1 atom stereocenters. The summed E-state index contributed by atoms with van der Waals surface area (Å²) in [5, 5.41) is 10.9. The summed E-state index contributed by atoms with van der Waals surface area (Å²) in [4.78, 5) is 10.5. The molecule has 5 heteroatoms. The van der Waals surface area contributed by atoms with Crippen molar-refractivity contribution < 1.29 is 4.92 Å². The van der Waals surface area contributed by atoms with Crippen molar-refractivity contribution >= 4 is 5.69 Å². The van der Waals surface area contributed by atoms with Crippen LogP contribution in [0.2, 0.25) is 0 Å². The van der Waals surface area contributed by atoms with Crippen molar-refractivity contribution in [1.82, 2.24) is 4.68 Å². The van der Waals surface area contributed by atoms with Crippen LogP contribution in [0.3, 0.4) is 0 Å². The average molecular weight is 231 g/mol. The Balaban J connectivity index is 2.24. The highest BCUT2D eigenvalue weighted by Gasteiger charge is 2.17. The zero-order valence-corrected chi connectivity index (χ0v) is 9.41. The predicted molar refractivity (Wildman–Crippen MR) is 65.3 cm³/mol. The molecule has 2 rings (SSSR count). The third-order valence-electron chi connectivity index (χ3n) is 2.55. The van der Waals surface area contributed by atoms with Crippen LogP contribution in [0, 0.1) is 10.1 Å². The highest BCUT2D eigenvalue weighted by atomic mass is 16.6. The molecule has 0 aliphatic carbocycles. The van der Waals surface area contributed by atoms with E-state index in [1.807, 2.05) is 31.5 Å². The molecule has 1 N–H and O–H groups in total. The Hall–Kier alpha value is -2.30. The van der Waals surface area contributed by atoms with E-state index in [1.54, 1.807) is 22.9 Å². The average Bonchev–Trinajstić information content (AvgIpc) is 2.81. The Morgan fingerprint density at radius 3 is 2.53 bits per heavy atom. The van der Waals surface area contributed by atoms with Crippen LogP contribution in [-0.2, 0) is 0 Å². The molecular formula is C12H13N3O2. The molecule has 17 heavy (non-hydrogen) atoms. The van der Waals surface area contributed by atoms with Crippen molar-refractivity contribution in [2.24, 2.45) is 0 Å². The second-order valence-corrected chi connectivity index (χ2v) is 3.76. The fourth-order valence-corrected chi connectivity index (χ4v) is 1.73. The summed E-state index contributed by atoms with van der Waals surface area (Å²) in [7, 11) is 0. The summed E-state index contributed by atoms with van der Waals surface area (Å²) in [6.45, 7) is 1.89. The first-order valence-electron chi connectivity index (χ1n) is 5.31. The van der Waals surface area contributed by atoms with Crippen LogP contribution in [0.15, 0.2) is 48.8 Å². The summed E-state index contributed by atoms with van der Waals surface area (Å²) in [5.41, 5.74) is 3.96. The molecule has 1 unspecified atom stereocenters. The first-order valence-corrected chi connectivity index (χ1v) is 5.31. The van der Waals surface area contributed by atoms with Crippen LogP contribution < -0.4 is 5.43 Å². The molecule has 0 spiro atoms. The lowest BCUT2D eigenvalue weighted by Gasteiger charge is -2.16. The van der Waals surface area contributed by atoms with E-state index in [4.69, 9.17) is 0 Å². The van der Waals surface area contributed by atoms with Gasteiger partial charge in [-0.2, -0.15) is 0 Å². The predicted octanol–water partition coefficient (Wildman–Crippen LogP) is 2.70. The molecule has 0 saturated heterocycles. The van der Waals surface area contributed by atoms with E-state index in [1.165, 1.54) is 6.07 Å². The third-order valence-corrected chi connectivity index (χ3v) is 2.55. The van der Waals surface area contributed by atoms with E-state index in [2.05, 4.69) is 5.43 Å². The van der Waals surface area contributed by atoms with Gasteiger partial charge in [0.2, 0.25) is 0 Å². The first kappa shape index (κ1) is 11.2. The number of nitrogens with zero attached hydrogens (tertiary/aromatic N) is 2. The Morgan fingerprint density at radius 1 is 1.24 bits per heavy atom. The highest BCUT2D eigenvalue weighted by Crippen LogP contribution is 2.24. The molecule has 1 heterocycles. The van der Waals surface area contributed by atoms with Gasteiger partial charge in [-0.3, -0.25) is 14.8 Å². The van der Waals surface area contributed by atoms with Gasteiger partial charge in [0.15, 0.2) is 0 Å². The Kier molecular flexibility index (Phi) is 3.09. The molecular weight excluding hydrogens is 218 g/mol. The minimum atomic E-state index is -0.358. The number of nitro groups is 1. The topological polar surface area (TPSA) is 60.1 Å². The van der Waals surface area contributed by atoms with Crippen LogP contribution >= 0.6 is 0 Å². The molecule has 0 amide bonds. The largest absolute Gasteiger partial charge is 0.319 e. The van der Waals surface area contributed by atoms with E-state index in [0.29, 0.717) is 5.56 Å². The lowest BCUT2D eigenvalue weighted by atomic mass is 10.1. The van der Waals surface area contributed by atoms with Gasteiger partial charge < -0.3 is 5.43 Å². The lowest BCUT2D eigenvalue weighted by Crippen LogP contribution is -2.17. The molecule has 5 nitrogen and oxygen atoms in total. The summed E-state index contributed by atoms with van der Waals surface area (Å²) >= 11 is 0. The Morgan fingerprint density at radius 2 is 1.88 bits per heavy atom. The molecule has 0 aliphatic heterocycles. The van der Waals surface area contributed by atoms with E-state index < -0.39 is 0 Å². The van der Waals surface area contributed by atoms with Crippen LogP contribution in [0.1, 0.15) is 18.5 Å². The molecule has 0 aliphatic rings. The monoisotopic (exact) mass is 231 g/mol. The minimum Gasteiger partial charge on any atom is -0.319 e. The number of nitro benzene ring substituents is 1. The number of hydrogen-bond donors (Lipinski definition) is 1. The molecule has 2 aromatic rings. The molecule has 1 aromatic heterocycles. The summed E-state index contributed by atoms with van der Waals surface area (Å²) < 4.78 is 1.78.